The minimum Gasteiger partial charge on any atom is -0.464 e. The third kappa shape index (κ3) is 2.26. The largest absolute Gasteiger partial charge is 0.464 e. The van der Waals surface area contributed by atoms with Gasteiger partial charge in [-0.2, -0.15) is 0 Å². The molecular formula is C18H16O3. The third-order valence-electron chi connectivity index (χ3n) is 3.64. The Balaban J connectivity index is 2.44. The molecule has 3 aromatic carbocycles. The highest BCUT2D eigenvalue weighted by Gasteiger charge is 2.15. The van der Waals surface area contributed by atoms with Gasteiger partial charge >= 0.3 is 0 Å². The molecule has 3 aromatic rings. The van der Waals surface area contributed by atoms with Crippen molar-refractivity contribution in [2.24, 2.45) is 0 Å². The second-order valence-corrected chi connectivity index (χ2v) is 4.93. The molecule has 106 valence electrons. The van der Waals surface area contributed by atoms with E-state index in [0.717, 1.165) is 27.8 Å². The Kier molecular flexibility index (Phi) is 3.59. The van der Waals surface area contributed by atoms with Gasteiger partial charge in [-0.1, -0.05) is 55.5 Å². The van der Waals surface area contributed by atoms with E-state index in [1.807, 2.05) is 55.5 Å². The predicted molar refractivity (Wildman–Crippen MR) is 83.8 cm³/mol. The van der Waals surface area contributed by atoms with Crippen LogP contribution in [0.25, 0.3) is 21.5 Å². The van der Waals surface area contributed by atoms with Gasteiger partial charge in [-0.3, -0.25) is 4.79 Å². The van der Waals surface area contributed by atoms with Crippen LogP contribution in [0.1, 0.15) is 23.7 Å². The smallest absolute Gasteiger partial charge is 0.197 e. The lowest BCUT2D eigenvalue weighted by atomic mass is 9.96. The maximum Gasteiger partial charge on any atom is 0.197 e. The standard InChI is InChI=1S/C18H16O3/c1-2-17(20)21-18-14-9-5-3-7-12(14)16(11-19)13-8-4-6-10-15(13)18/h3-11,17,20H,2H2,1H3. The minimum atomic E-state index is -0.862. The first kappa shape index (κ1) is 13.6. The predicted octanol–water partition coefficient (Wildman–Crippen LogP) is 3.91. The maximum absolute atomic E-state index is 11.5. The van der Waals surface area contributed by atoms with Crippen molar-refractivity contribution in [2.75, 3.05) is 0 Å². The van der Waals surface area contributed by atoms with Crippen molar-refractivity contribution in [3.8, 4) is 5.75 Å². The summed E-state index contributed by atoms with van der Waals surface area (Å²) in [5, 5.41) is 13.2. The van der Waals surface area contributed by atoms with Crippen molar-refractivity contribution in [1.29, 1.82) is 0 Å². The van der Waals surface area contributed by atoms with E-state index >= 15 is 0 Å². The number of fused-ring (bicyclic) bond motifs is 2. The monoisotopic (exact) mass is 280 g/mol. The van der Waals surface area contributed by atoms with Crippen LogP contribution in [0.4, 0.5) is 0 Å². The van der Waals surface area contributed by atoms with E-state index < -0.39 is 6.29 Å². The molecule has 3 heteroatoms. The Morgan fingerprint density at radius 1 is 1.00 bits per heavy atom. The summed E-state index contributed by atoms with van der Waals surface area (Å²) in [7, 11) is 0. The number of ether oxygens (including phenoxy) is 1. The van der Waals surface area contributed by atoms with Crippen LogP contribution in [0.3, 0.4) is 0 Å². The van der Waals surface area contributed by atoms with Gasteiger partial charge in [0.2, 0.25) is 0 Å². The second kappa shape index (κ2) is 5.54. The maximum atomic E-state index is 11.5. The van der Waals surface area contributed by atoms with Gasteiger partial charge in [0.15, 0.2) is 12.6 Å². The average molecular weight is 280 g/mol. The first-order valence-corrected chi connectivity index (χ1v) is 6.99. The molecule has 0 radical (unpaired) electrons. The molecule has 0 amide bonds. The summed E-state index contributed by atoms with van der Waals surface area (Å²) in [6.45, 7) is 1.86. The van der Waals surface area contributed by atoms with Crippen molar-refractivity contribution >= 4 is 27.8 Å². The van der Waals surface area contributed by atoms with E-state index in [4.69, 9.17) is 4.74 Å². The van der Waals surface area contributed by atoms with E-state index in [-0.39, 0.29) is 0 Å². The van der Waals surface area contributed by atoms with E-state index in [9.17, 15) is 9.90 Å². The number of hydrogen-bond acceptors (Lipinski definition) is 3. The van der Waals surface area contributed by atoms with Gasteiger partial charge in [0.25, 0.3) is 0 Å². The summed E-state index contributed by atoms with van der Waals surface area (Å²) in [4.78, 5) is 11.5. The van der Waals surface area contributed by atoms with Gasteiger partial charge in [-0.25, -0.2) is 0 Å². The van der Waals surface area contributed by atoms with Crippen LogP contribution in [-0.2, 0) is 0 Å². The Bertz CT molecular complexity index is 751. The highest BCUT2D eigenvalue weighted by Crippen LogP contribution is 2.38. The molecule has 1 unspecified atom stereocenters. The molecule has 1 atom stereocenters. The Hall–Kier alpha value is -2.39. The van der Waals surface area contributed by atoms with Crippen molar-refractivity contribution in [3.63, 3.8) is 0 Å². The van der Waals surface area contributed by atoms with Crippen molar-refractivity contribution in [1.82, 2.24) is 0 Å². The lowest BCUT2D eigenvalue weighted by molar-refractivity contribution is -0.0169. The molecule has 0 aliphatic rings. The van der Waals surface area contributed by atoms with Crippen LogP contribution in [0.2, 0.25) is 0 Å². The average Bonchev–Trinajstić information content (AvgIpc) is 2.54. The van der Waals surface area contributed by atoms with Gasteiger partial charge in [0, 0.05) is 22.8 Å². The molecule has 0 fully saturated rings. The molecule has 0 aliphatic heterocycles. The molecule has 0 saturated heterocycles. The molecule has 3 nitrogen and oxygen atoms in total. The number of aliphatic hydroxyl groups excluding tert-OH is 1. The zero-order valence-electron chi connectivity index (χ0n) is 11.7. The van der Waals surface area contributed by atoms with Crippen LogP contribution in [-0.4, -0.2) is 17.7 Å². The number of carbonyl (C=O) groups is 1. The molecular weight excluding hydrogens is 264 g/mol. The zero-order chi connectivity index (χ0) is 14.8. The van der Waals surface area contributed by atoms with E-state index in [0.29, 0.717) is 17.7 Å². The molecule has 0 bridgehead atoms. The minimum absolute atomic E-state index is 0.498. The Morgan fingerprint density at radius 3 is 1.90 bits per heavy atom. The van der Waals surface area contributed by atoms with Gasteiger partial charge < -0.3 is 9.84 Å². The molecule has 0 aliphatic carbocycles. The van der Waals surface area contributed by atoms with Crippen LogP contribution in [0.5, 0.6) is 5.75 Å². The van der Waals surface area contributed by atoms with Gasteiger partial charge in [-0.15, -0.1) is 0 Å². The molecule has 0 aromatic heterocycles. The second-order valence-electron chi connectivity index (χ2n) is 4.93. The van der Waals surface area contributed by atoms with E-state index in [1.54, 1.807) is 0 Å². The lowest BCUT2D eigenvalue weighted by Crippen LogP contribution is -2.14. The first-order chi connectivity index (χ1) is 10.3. The lowest BCUT2D eigenvalue weighted by Gasteiger charge is -2.17. The summed E-state index contributed by atoms with van der Waals surface area (Å²) in [6, 6.07) is 15.2. The topological polar surface area (TPSA) is 46.5 Å². The first-order valence-electron chi connectivity index (χ1n) is 6.99. The molecule has 21 heavy (non-hydrogen) atoms. The fraction of sp³-hybridized carbons (Fsp3) is 0.167. The third-order valence-corrected chi connectivity index (χ3v) is 3.64. The van der Waals surface area contributed by atoms with E-state index in [2.05, 4.69) is 0 Å². The van der Waals surface area contributed by atoms with Crippen LogP contribution < -0.4 is 4.74 Å². The molecule has 0 saturated carbocycles. The molecule has 0 spiro atoms. The Labute approximate surface area is 122 Å². The summed E-state index contributed by atoms with van der Waals surface area (Å²) in [5.41, 5.74) is 0.652. The van der Waals surface area contributed by atoms with Crippen LogP contribution in [0.15, 0.2) is 48.5 Å². The van der Waals surface area contributed by atoms with Gasteiger partial charge in [0.05, 0.1) is 0 Å². The highest BCUT2D eigenvalue weighted by atomic mass is 16.6. The Morgan fingerprint density at radius 2 is 1.48 bits per heavy atom. The summed E-state index contributed by atoms with van der Waals surface area (Å²) in [5.74, 6) is 0.626. The van der Waals surface area contributed by atoms with Crippen molar-refractivity contribution in [3.05, 3.63) is 54.1 Å². The quantitative estimate of drug-likeness (QED) is 0.447. The fourth-order valence-electron chi connectivity index (χ4n) is 2.60. The normalized spacial score (nSPS) is 12.5. The van der Waals surface area contributed by atoms with E-state index in [1.165, 1.54) is 0 Å². The number of rotatable bonds is 4. The van der Waals surface area contributed by atoms with Gasteiger partial charge in [0.1, 0.15) is 5.75 Å². The highest BCUT2D eigenvalue weighted by molar-refractivity contribution is 6.16. The summed E-state index contributed by atoms with van der Waals surface area (Å²) in [6.07, 6.45) is 0.516. The molecule has 1 N–H and O–H groups in total. The molecule has 0 heterocycles. The number of aldehydes is 1. The van der Waals surface area contributed by atoms with Crippen molar-refractivity contribution < 1.29 is 14.6 Å². The summed E-state index contributed by atoms with van der Waals surface area (Å²) < 4.78 is 5.73. The zero-order valence-corrected chi connectivity index (χ0v) is 11.7. The van der Waals surface area contributed by atoms with Crippen LogP contribution in [0, 0.1) is 0 Å². The van der Waals surface area contributed by atoms with Crippen molar-refractivity contribution in [2.45, 2.75) is 19.6 Å². The summed E-state index contributed by atoms with van der Waals surface area (Å²) >= 11 is 0. The SMILES string of the molecule is CCC(O)Oc1c2ccccc2c(C=O)c2ccccc12. The number of hydrogen-bond donors (Lipinski definition) is 1. The number of benzene rings is 3. The molecule has 3 rings (SSSR count). The fourth-order valence-corrected chi connectivity index (χ4v) is 2.60. The van der Waals surface area contributed by atoms with Crippen LogP contribution >= 0.6 is 0 Å². The number of aliphatic hydroxyl groups is 1. The number of carbonyl (C=O) groups excluding carboxylic acids is 1. The van der Waals surface area contributed by atoms with Gasteiger partial charge in [-0.05, 0) is 10.8 Å².